The number of rotatable bonds is 3. The van der Waals surface area contributed by atoms with Crippen molar-refractivity contribution in [1.82, 2.24) is 0 Å². The molecule has 5 nitrogen and oxygen atoms in total. The molecule has 5 heteroatoms. The molecule has 0 aromatic carbocycles. The number of hydrogen-bond donors (Lipinski definition) is 1. The Hall–Kier alpha value is -0.910. The van der Waals surface area contributed by atoms with E-state index in [2.05, 4.69) is 6.08 Å². The minimum Gasteiger partial charge on any atom is -0.481 e. The summed E-state index contributed by atoms with van der Waals surface area (Å²) in [6.07, 6.45) is 5.44. The molecular formula is C15H22O5. The summed E-state index contributed by atoms with van der Waals surface area (Å²) in [6.45, 7) is 3.00. The summed E-state index contributed by atoms with van der Waals surface area (Å²) in [4.78, 5) is 11.3. The summed E-state index contributed by atoms with van der Waals surface area (Å²) in [5.41, 5.74) is 1.18. The molecule has 5 atom stereocenters. The second kappa shape index (κ2) is 5.84. The van der Waals surface area contributed by atoms with E-state index >= 15 is 0 Å². The molecule has 1 N–H and O–H groups in total. The van der Waals surface area contributed by atoms with E-state index in [1.807, 2.05) is 6.92 Å². The normalized spacial score (nSPS) is 41.0. The van der Waals surface area contributed by atoms with E-state index in [4.69, 9.17) is 14.2 Å². The average Bonchev–Trinajstić information content (AvgIpc) is 2.83. The lowest BCUT2D eigenvalue weighted by Crippen LogP contribution is -2.46. The second-order valence-corrected chi connectivity index (χ2v) is 5.95. The highest BCUT2D eigenvalue weighted by atomic mass is 16.8. The molecule has 0 bridgehead atoms. The SMILES string of the molecule is CC1=CCC2C(C(=O)O)COC(OC3CCCCO3)C12. The minimum atomic E-state index is -0.768. The molecule has 112 valence electrons. The first kappa shape index (κ1) is 14.0. The van der Waals surface area contributed by atoms with Gasteiger partial charge in [-0.3, -0.25) is 4.79 Å². The van der Waals surface area contributed by atoms with Gasteiger partial charge in [-0.1, -0.05) is 11.6 Å². The first-order chi connectivity index (χ1) is 9.66. The highest BCUT2D eigenvalue weighted by Gasteiger charge is 2.47. The molecule has 1 aliphatic carbocycles. The quantitative estimate of drug-likeness (QED) is 0.804. The van der Waals surface area contributed by atoms with Crippen LogP contribution in [0.4, 0.5) is 0 Å². The second-order valence-electron chi connectivity index (χ2n) is 5.95. The highest BCUT2D eigenvalue weighted by Crippen LogP contribution is 2.44. The van der Waals surface area contributed by atoms with E-state index in [1.165, 1.54) is 5.57 Å². The number of ether oxygens (including phenoxy) is 3. The Morgan fingerprint density at radius 1 is 1.40 bits per heavy atom. The Balaban J connectivity index is 1.69. The first-order valence-corrected chi connectivity index (χ1v) is 7.45. The van der Waals surface area contributed by atoms with Crippen molar-refractivity contribution < 1.29 is 24.1 Å². The van der Waals surface area contributed by atoms with E-state index < -0.39 is 11.9 Å². The number of carboxylic acids is 1. The Kier molecular flexibility index (Phi) is 4.10. The van der Waals surface area contributed by atoms with Gasteiger partial charge in [-0.05, 0) is 38.5 Å². The van der Waals surface area contributed by atoms with Crippen LogP contribution in [0.5, 0.6) is 0 Å². The molecule has 0 spiro atoms. The molecule has 0 amide bonds. The van der Waals surface area contributed by atoms with Crippen molar-refractivity contribution in [1.29, 1.82) is 0 Å². The third-order valence-electron chi connectivity index (χ3n) is 4.69. The molecule has 0 aromatic rings. The fourth-order valence-corrected chi connectivity index (χ4v) is 3.55. The van der Waals surface area contributed by atoms with Crippen molar-refractivity contribution in [3.63, 3.8) is 0 Å². The molecule has 0 aromatic heterocycles. The van der Waals surface area contributed by atoms with Crippen molar-refractivity contribution in [2.45, 2.75) is 45.2 Å². The average molecular weight is 282 g/mol. The summed E-state index contributed by atoms with van der Waals surface area (Å²) in [5.74, 6) is -1.05. The zero-order valence-electron chi connectivity index (χ0n) is 11.8. The van der Waals surface area contributed by atoms with Crippen LogP contribution in [0.2, 0.25) is 0 Å². The van der Waals surface area contributed by atoms with Crippen LogP contribution in [-0.2, 0) is 19.0 Å². The number of hydrogen-bond acceptors (Lipinski definition) is 4. The number of allylic oxidation sites excluding steroid dienone is 1. The lowest BCUT2D eigenvalue weighted by molar-refractivity contribution is -0.289. The molecule has 0 radical (unpaired) electrons. The number of carboxylic acid groups (broad SMARTS) is 1. The van der Waals surface area contributed by atoms with Crippen LogP contribution >= 0.6 is 0 Å². The van der Waals surface area contributed by atoms with Crippen LogP contribution in [-0.4, -0.2) is 36.9 Å². The van der Waals surface area contributed by atoms with Gasteiger partial charge in [-0.15, -0.1) is 0 Å². The van der Waals surface area contributed by atoms with Crippen LogP contribution in [0.1, 0.15) is 32.6 Å². The lowest BCUT2D eigenvalue weighted by Gasteiger charge is -2.40. The summed E-state index contributed by atoms with van der Waals surface area (Å²) in [7, 11) is 0. The van der Waals surface area contributed by atoms with Crippen molar-refractivity contribution in [3.8, 4) is 0 Å². The molecule has 2 fully saturated rings. The van der Waals surface area contributed by atoms with Crippen molar-refractivity contribution in [3.05, 3.63) is 11.6 Å². The van der Waals surface area contributed by atoms with Gasteiger partial charge >= 0.3 is 5.97 Å². The molecule has 3 rings (SSSR count). The monoisotopic (exact) mass is 282 g/mol. The molecule has 20 heavy (non-hydrogen) atoms. The van der Waals surface area contributed by atoms with E-state index in [1.54, 1.807) is 0 Å². The summed E-state index contributed by atoms with van der Waals surface area (Å²) >= 11 is 0. The van der Waals surface area contributed by atoms with Crippen LogP contribution in [0, 0.1) is 17.8 Å². The molecule has 2 heterocycles. The molecule has 2 saturated heterocycles. The van der Waals surface area contributed by atoms with Gasteiger partial charge in [0.05, 0.1) is 12.5 Å². The predicted molar refractivity (Wildman–Crippen MR) is 70.9 cm³/mol. The molecule has 5 unspecified atom stereocenters. The highest BCUT2D eigenvalue weighted by molar-refractivity contribution is 5.71. The Morgan fingerprint density at radius 3 is 2.95 bits per heavy atom. The maximum absolute atomic E-state index is 11.3. The van der Waals surface area contributed by atoms with E-state index in [0.29, 0.717) is 0 Å². The summed E-state index contributed by atoms with van der Waals surface area (Å²) in [6, 6.07) is 0. The Bertz CT molecular complexity index is 399. The predicted octanol–water partition coefficient (Wildman–Crippen LogP) is 2.17. The van der Waals surface area contributed by atoms with E-state index in [0.717, 1.165) is 32.3 Å². The lowest BCUT2D eigenvalue weighted by atomic mass is 9.79. The van der Waals surface area contributed by atoms with Crippen molar-refractivity contribution in [2.24, 2.45) is 17.8 Å². The maximum Gasteiger partial charge on any atom is 0.309 e. The topological polar surface area (TPSA) is 65.0 Å². The fourth-order valence-electron chi connectivity index (χ4n) is 3.55. The van der Waals surface area contributed by atoms with Gasteiger partial charge in [0.15, 0.2) is 12.6 Å². The fraction of sp³-hybridized carbons (Fsp3) is 0.800. The van der Waals surface area contributed by atoms with Crippen molar-refractivity contribution >= 4 is 5.97 Å². The van der Waals surface area contributed by atoms with Crippen LogP contribution < -0.4 is 0 Å². The van der Waals surface area contributed by atoms with Crippen LogP contribution in [0.25, 0.3) is 0 Å². The third kappa shape index (κ3) is 2.62. The molecule has 2 aliphatic heterocycles. The smallest absolute Gasteiger partial charge is 0.309 e. The van der Waals surface area contributed by atoms with Gasteiger partial charge in [0, 0.05) is 12.5 Å². The van der Waals surface area contributed by atoms with Crippen LogP contribution in [0.15, 0.2) is 11.6 Å². The molecule has 3 aliphatic rings. The largest absolute Gasteiger partial charge is 0.481 e. The first-order valence-electron chi connectivity index (χ1n) is 7.45. The van der Waals surface area contributed by atoms with E-state index in [-0.39, 0.29) is 31.0 Å². The number of aliphatic carboxylic acids is 1. The summed E-state index contributed by atoms with van der Waals surface area (Å²) in [5, 5.41) is 9.31. The van der Waals surface area contributed by atoms with Crippen molar-refractivity contribution in [2.75, 3.05) is 13.2 Å². The van der Waals surface area contributed by atoms with Gasteiger partial charge in [0.2, 0.25) is 0 Å². The molecule has 0 saturated carbocycles. The zero-order valence-corrected chi connectivity index (χ0v) is 11.8. The van der Waals surface area contributed by atoms with Gasteiger partial charge in [0.25, 0.3) is 0 Å². The van der Waals surface area contributed by atoms with Gasteiger partial charge in [0.1, 0.15) is 0 Å². The summed E-state index contributed by atoms with van der Waals surface area (Å²) < 4.78 is 17.3. The third-order valence-corrected chi connectivity index (χ3v) is 4.69. The van der Waals surface area contributed by atoms with Gasteiger partial charge in [-0.25, -0.2) is 0 Å². The van der Waals surface area contributed by atoms with E-state index in [9.17, 15) is 9.90 Å². The molecular weight excluding hydrogens is 260 g/mol. The standard InChI is InChI=1S/C15H22O5/c1-9-5-6-10-11(14(16)17)8-19-15(13(9)10)20-12-4-2-3-7-18-12/h5,10-13,15H,2-4,6-8H2,1H3,(H,16,17). The minimum absolute atomic E-state index is 0.0513. The number of carbonyl (C=O) groups is 1. The number of fused-ring (bicyclic) bond motifs is 1. The Morgan fingerprint density at radius 2 is 2.25 bits per heavy atom. The van der Waals surface area contributed by atoms with Gasteiger partial charge in [-0.2, -0.15) is 0 Å². The van der Waals surface area contributed by atoms with Crippen LogP contribution in [0.3, 0.4) is 0 Å². The Labute approximate surface area is 118 Å². The maximum atomic E-state index is 11.3. The zero-order chi connectivity index (χ0) is 14.1. The van der Waals surface area contributed by atoms with Gasteiger partial charge < -0.3 is 19.3 Å².